The Morgan fingerprint density at radius 1 is 1.18 bits per heavy atom. The van der Waals surface area contributed by atoms with Gasteiger partial charge in [-0.05, 0) is 42.9 Å². The predicted octanol–water partition coefficient (Wildman–Crippen LogP) is 0.390. The van der Waals surface area contributed by atoms with Crippen LogP contribution in [0.5, 0.6) is 0 Å². The average molecular weight is 325 g/mol. The smallest absolute Gasteiger partial charge is 0.326 e. The summed E-state index contributed by atoms with van der Waals surface area (Å²) in [5.41, 5.74) is 6.13. The molecule has 8 nitrogen and oxygen atoms in total. The lowest BCUT2D eigenvalue weighted by atomic mass is 10.1. The van der Waals surface area contributed by atoms with Gasteiger partial charge in [-0.1, -0.05) is 0 Å². The molecule has 1 unspecified atom stereocenters. The number of nitrogens with one attached hydrogen (secondary N) is 2. The molecule has 1 rings (SSSR count). The quantitative estimate of drug-likeness (QED) is 0.453. The molecule has 0 saturated heterocycles. The summed E-state index contributed by atoms with van der Waals surface area (Å²) in [7, 11) is 0. The van der Waals surface area contributed by atoms with Crippen LogP contribution in [0, 0.1) is 0 Å². The Balaban J connectivity index is 2.71. The molecule has 9 heteroatoms. The van der Waals surface area contributed by atoms with E-state index in [2.05, 4.69) is 22.9 Å². The number of anilines is 1. The Morgan fingerprint density at radius 3 is 2.23 bits per heavy atom. The Kier molecular flexibility index (Phi) is 6.26. The predicted molar refractivity (Wildman–Crippen MR) is 82.6 cm³/mol. The maximum absolute atomic E-state index is 11.9. The van der Waals surface area contributed by atoms with Gasteiger partial charge in [0.1, 0.15) is 6.04 Å². The Hall–Kier alpha value is -2.68. The van der Waals surface area contributed by atoms with Crippen LogP contribution in [0.2, 0.25) is 0 Å². The number of carbonyl (C=O) groups excluding carboxylic acids is 1. The second kappa shape index (κ2) is 7.93. The van der Waals surface area contributed by atoms with Crippen LogP contribution >= 0.6 is 12.2 Å². The highest BCUT2D eigenvalue weighted by atomic mass is 32.1. The number of thiocarbonyl (C=S) groups is 1. The molecule has 1 aromatic rings. The van der Waals surface area contributed by atoms with E-state index in [1.165, 1.54) is 12.1 Å². The second-order valence-electron chi connectivity index (χ2n) is 4.36. The molecule has 0 radical (unpaired) electrons. The van der Waals surface area contributed by atoms with Crippen LogP contribution in [0.15, 0.2) is 24.3 Å². The minimum absolute atomic E-state index is 0.0804. The van der Waals surface area contributed by atoms with Gasteiger partial charge in [0.05, 0.1) is 0 Å². The number of rotatable bonds is 7. The molecule has 1 aromatic carbocycles. The number of carboxylic acid groups (broad SMARTS) is 2. The van der Waals surface area contributed by atoms with E-state index in [9.17, 15) is 14.4 Å². The maximum Gasteiger partial charge on any atom is 0.326 e. The number of carbonyl (C=O) groups is 3. The van der Waals surface area contributed by atoms with Crippen molar-refractivity contribution in [3.63, 3.8) is 0 Å². The third-order valence-electron chi connectivity index (χ3n) is 2.66. The molecule has 1 atom stereocenters. The molecular formula is C13H15N3O5S. The van der Waals surface area contributed by atoms with Gasteiger partial charge in [0.15, 0.2) is 5.11 Å². The van der Waals surface area contributed by atoms with Gasteiger partial charge in [-0.15, -0.1) is 0 Å². The van der Waals surface area contributed by atoms with E-state index in [1.54, 1.807) is 12.1 Å². The third-order valence-corrected chi connectivity index (χ3v) is 2.77. The number of nitrogens with two attached hydrogens (primary N) is 1. The minimum Gasteiger partial charge on any atom is -0.481 e. The lowest BCUT2D eigenvalue weighted by molar-refractivity contribution is -0.140. The third kappa shape index (κ3) is 5.75. The second-order valence-corrected chi connectivity index (χ2v) is 4.80. The van der Waals surface area contributed by atoms with E-state index >= 15 is 0 Å². The van der Waals surface area contributed by atoms with Crippen molar-refractivity contribution in [2.24, 2.45) is 5.73 Å². The van der Waals surface area contributed by atoms with E-state index in [0.29, 0.717) is 5.69 Å². The molecule has 0 heterocycles. The summed E-state index contributed by atoms with van der Waals surface area (Å²) < 4.78 is 0. The Morgan fingerprint density at radius 2 is 1.77 bits per heavy atom. The Bertz CT molecular complexity index is 588. The van der Waals surface area contributed by atoms with Gasteiger partial charge in [-0.25, -0.2) is 4.79 Å². The van der Waals surface area contributed by atoms with E-state index in [0.717, 1.165) is 0 Å². The molecule has 6 N–H and O–H groups in total. The number of carboxylic acids is 2. The highest BCUT2D eigenvalue weighted by Gasteiger charge is 2.21. The van der Waals surface area contributed by atoms with Gasteiger partial charge >= 0.3 is 11.9 Å². The van der Waals surface area contributed by atoms with Crippen molar-refractivity contribution < 1.29 is 24.6 Å². The standard InChI is InChI=1S/C13H15N3O5S/c14-13(22)15-8-3-1-7(2-4-8)11(19)16-9(12(20)21)5-6-10(17)18/h1-4,9H,5-6H2,(H,16,19)(H,17,18)(H,20,21)(H3,14,15,22). The number of hydrogen-bond donors (Lipinski definition) is 5. The van der Waals surface area contributed by atoms with Crippen LogP contribution in [-0.2, 0) is 9.59 Å². The molecule has 118 valence electrons. The van der Waals surface area contributed by atoms with Crippen LogP contribution in [0.1, 0.15) is 23.2 Å². The monoisotopic (exact) mass is 325 g/mol. The lowest BCUT2D eigenvalue weighted by Crippen LogP contribution is -2.41. The van der Waals surface area contributed by atoms with Crippen molar-refractivity contribution in [1.29, 1.82) is 0 Å². The molecular weight excluding hydrogens is 310 g/mol. The fraction of sp³-hybridized carbons (Fsp3) is 0.231. The van der Waals surface area contributed by atoms with E-state index in [1.807, 2.05) is 0 Å². The fourth-order valence-electron chi connectivity index (χ4n) is 1.61. The summed E-state index contributed by atoms with van der Waals surface area (Å²) >= 11 is 4.67. The Labute approximate surface area is 131 Å². The van der Waals surface area contributed by atoms with Crippen molar-refractivity contribution in [2.45, 2.75) is 18.9 Å². The van der Waals surface area contributed by atoms with Gasteiger partial charge in [0.2, 0.25) is 0 Å². The highest BCUT2D eigenvalue weighted by molar-refractivity contribution is 7.80. The van der Waals surface area contributed by atoms with Crippen molar-refractivity contribution in [3.05, 3.63) is 29.8 Å². The molecule has 0 aromatic heterocycles. The normalized spacial score (nSPS) is 11.3. The van der Waals surface area contributed by atoms with Gasteiger partial charge in [-0.3, -0.25) is 9.59 Å². The summed E-state index contributed by atoms with van der Waals surface area (Å²) in [5.74, 6) is -3.03. The van der Waals surface area contributed by atoms with Crippen LogP contribution in [0.25, 0.3) is 0 Å². The zero-order valence-electron chi connectivity index (χ0n) is 11.4. The van der Waals surface area contributed by atoms with Crippen molar-refractivity contribution in [1.82, 2.24) is 5.32 Å². The van der Waals surface area contributed by atoms with Crippen molar-refractivity contribution in [3.8, 4) is 0 Å². The van der Waals surface area contributed by atoms with Gasteiger partial charge in [0, 0.05) is 17.7 Å². The zero-order valence-corrected chi connectivity index (χ0v) is 12.2. The highest BCUT2D eigenvalue weighted by Crippen LogP contribution is 2.10. The summed E-state index contributed by atoms with van der Waals surface area (Å²) in [6.45, 7) is 0. The van der Waals surface area contributed by atoms with Crippen molar-refractivity contribution >= 4 is 40.9 Å². The van der Waals surface area contributed by atoms with Crippen LogP contribution in [-0.4, -0.2) is 39.2 Å². The first-order valence-electron chi connectivity index (χ1n) is 6.21. The first-order chi connectivity index (χ1) is 10.3. The molecule has 0 aliphatic carbocycles. The molecule has 0 saturated carbocycles. The van der Waals surface area contributed by atoms with Gasteiger partial charge in [-0.2, -0.15) is 0 Å². The first kappa shape index (κ1) is 17.4. The van der Waals surface area contributed by atoms with Gasteiger partial charge in [0.25, 0.3) is 5.91 Å². The van der Waals surface area contributed by atoms with Crippen LogP contribution in [0.4, 0.5) is 5.69 Å². The summed E-state index contributed by atoms with van der Waals surface area (Å²) in [6.07, 6.45) is -0.550. The number of aliphatic carboxylic acids is 2. The van der Waals surface area contributed by atoms with Crippen molar-refractivity contribution in [2.75, 3.05) is 5.32 Å². The van der Waals surface area contributed by atoms with E-state index in [-0.39, 0.29) is 23.5 Å². The summed E-state index contributed by atoms with van der Waals surface area (Å²) in [5, 5.41) is 22.6. The maximum atomic E-state index is 11.9. The minimum atomic E-state index is -1.29. The molecule has 0 bridgehead atoms. The number of hydrogen-bond acceptors (Lipinski definition) is 4. The largest absolute Gasteiger partial charge is 0.481 e. The molecule has 22 heavy (non-hydrogen) atoms. The molecule has 0 aliphatic rings. The summed E-state index contributed by atoms with van der Waals surface area (Å²) in [4.78, 5) is 33.4. The average Bonchev–Trinajstić information content (AvgIpc) is 2.42. The van der Waals surface area contributed by atoms with Gasteiger partial charge < -0.3 is 26.6 Å². The number of benzene rings is 1. The fourth-order valence-corrected chi connectivity index (χ4v) is 1.73. The molecule has 0 aliphatic heterocycles. The first-order valence-corrected chi connectivity index (χ1v) is 6.62. The molecule has 1 amide bonds. The lowest BCUT2D eigenvalue weighted by Gasteiger charge is -2.13. The SMILES string of the molecule is NC(=S)Nc1ccc(C(=O)NC(CCC(=O)O)C(=O)O)cc1. The van der Waals surface area contributed by atoms with E-state index in [4.69, 9.17) is 15.9 Å². The summed E-state index contributed by atoms with van der Waals surface area (Å²) in [6, 6.07) is 4.78. The van der Waals surface area contributed by atoms with E-state index < -0.39 is 23.9 Å². The number of amides is 1. The van der Waals surface area contributed by atoms with Crippen LogP contribution < -0.4 is 16.4 Å². The van der Waals surface area contributed by atoms with Crippen LogP contribution in [0.3, 0.4) is 0 Å². The zero-order chi connectivity index (χ0) is 16.7. The molecule has 0 spiro atoms. The molecule has 0 fully saturated rings. The topological polar surface area (TPSA) is 142 Å².